The van der Waals surface area contributed by atoms with E-state index in [9.17, 15) is 14.7 Å². The van der Waals surface area contributed by atoms with Crippen LogP contribution in [0.25, 0.3) is 0 Å². The first-order chi connectivity index (χ1) is 10.6. The fourth-order valence-corrected chi connectivity index (χ4v) is 2.66. The number of carbonyl (C=O) groups is 2. The van der Waals surface area contributed by atoms with Gasteiger partial charge in [-0.15, -0.1) is 0 Å². The first kappa shape index (κ1) is 16.5. The monoisotopic (exact) mass is 338 g/mol. The topological polar surface area (TPSA) is 78.4 Å². The SMILES string of the molecule is O=C(NCc1ccccc1Cl)C(=O)NCC(O)c1ccsc1. The Morgan fingerprint density at radius 3 is 2.59 bits per heavy atom. The van der Waals surface area contributed by atoms with Gasteiger partial charge in [0, 0.05) is 18.1 Å². The molecule has 1 heterocycles. The molecule has 2 rings (SSSR count). The number of amides is 2. The smallest absolute Gasteiger partial charge is 0.309 e. The summed E-state index contributed by atoms with van der Waals surface area (Å²) in [6, 6.07) is 8.82. The molecular formula is C15H15ClN2O3S. The average Bonchev–Trinajstić information content (AvgIpc) is 3.05. The summed E-state index contributed by atoms with van der Waals surface area (Å²) in [5, 5.41) is 18.8. The van der Waals surface area contributed by atoms with Gasteiger partial charge in [0.25, 0.3) is 0 Å². The molecule has 0 saturated heterocycles. The predicted octanol–water partition coefficient (Wildman–Crippen LogP) is 1.87. The first-order valence-electron chi connectivity index (χ1n) is 6.57. The molecule has 7 heteroatoms. The van der Waals surface area contributed by atoms with Gasteiger partial charge in [-0.2, -0.15) is 11.3 Å². The van der Waals surface area contributed by atoms with Gasteiger partial charge in [-0.25, -0.2) is 0 Å². The number of hydrogen-bond acceptors (Lipinski definition) is 4. The van der Waals surface area contributed by atoms with Crippen molar-refractivity contribution in [3.63, 3.8) is 0 Å². The van der Waals surface area contributed by atoms with Gasteiger partial charge in [-0.05, 0) is 34.0 Å². The Morgan fingerprint density at radius 2 is 1.91 bits per heavy atom. The molecule has 0 saturated carbocycles. The highest BCUT2D eigenvalue weighted by atomic mass is 35.5. The van der Waals surface area contributed by atoms with E-state index in [4.69, 9.17) is 11.6 Å². The first-order valence-corrected chi connectivity index (χ1v) is 7.89. The zero-order chi connectivity index (χ0) is 15.9. The Hall–Kier alpha value is -1.89. The number of benzene rings is 1. The Kier molecular flexibility index (Phi) is 5.94. The molecule has 0 aliphatic rings. The Labute approximate surface area is 136 Å². The van der Waals surface area contributed by atoms with Gasteiger partial charge in [0.2, 0.25) is 0 Å². The Balaban J connectivity index is 1.78. The Morgan fingerprint density at radius 1 is 1.18 bits per heavy atom. The maximum atomic E-state index is 11.7. The predicted molar refractivity (Wildman–Crippen MR) is 85.6 cm³/mol. The van der Waals surface area contributed by atoms with Crippen molar-refractivity contribution in [1.82, 2.24) is 10.6 Å². The summed E-state index contributed by atoms with van der Waals surface area (Å²) >= 11 is 7.41. The second-order valence-electron chi connectivity index (χ2n) is 4.56. The van der Waals surface area contributed by atoms with E-state index >= 15 is 0 Å². The van der Waals surface area contributed by atoms with E-state index in [0.29, 0.717) is 10.6 Å². The second-order valence-corrected chi connectivity index (χ2v) is 5.74. The molecule has 0 bridgehead atoms. The number of halogens is 1. The van der Waals surface area contributed by atoms with Gasteiger partial charge in [-0.1, -0.05) is 29.8 Å². The summed E-state index contributed by atoms with van der Waals surface area (Å²) in [5.41, 5.74) is 1.44. The lowest BCUT2D eigenvalue weighted by Gasteiger charge is -2.11. The van der Waals surface area contributed by atoms with Crippen molar-refractivity contribution in [2.24, 2.45) is 0 Å². The van der Waals surface area contributed by atoms with Crippen LogP contribution in [-0.2, 0) is 16.1 Å². The van der Waals surface area contributed by atoms with Crippen LogP contribution in [0.2, 0.25) is 5.02 Å². The van der Waals surface area contributed by atoms with Crippen molar-refractivity contribution >= 4 is 34.8 Å². The maximum Gasteiger partial charge on any atom is 0.309 e. The van der Waals surface area contributed by atoms with Gasteiger partial charge in [0.1, 0.15) is 0 Å². The zero-order valence-corrected chi connectivity index (χ0v) is 13.2. The van der Waals surface area contributed by atoms with Crippen molar-refractivity contribution in [3.05, 3.63) is 57.2 Å². The number of nitrogens with one attached hydrogen (secondary N) is 2. The number of rotatable bonds is 5. The van der Waals surface area contributed by atoms with Crippen LogP contribution in [0.3, 0.4) is 0 Å². The van der Waals surface area contributed by atoms with E-state index in [1.165, 1.54) is 11.3 Å². The summed E-state index contributed by atoms with van der Waals surface area (Å²) in [4.78, 5) is 23.3. The molecule has 1 aromatic carbocycles. The van der Waals surface area contributed by atoms with Gasteiger partial charge in [0.15, 0.2) is 0 Å². The molecule has 0 spiro atoms. The summed E-state index contributed by atoms with van der Waals surface area (Å²) in [5.74, 6) is -1.56. The lowest BCUT2D eigenvalue weighted by Crippen LogP contribution is -2.41. The number of carbonyl (C=O) groups excluding carboxylic acids is 2. The number of hydrogen-bond donors (Lipinski definition) is 3. The molecule has 1 unspecified atom stereocenters. The fraction of sp³-hybridized carbons (Fsp3) is 0.200. The van der Waals surface area contributed by atoms with E-state index in [0.717, 1.165) is 5.56 Å². The molecule has 2 amide bonds. The molecule has 22 heavy (non-hydrogen) atoms. The van der Waals surface area contributed by atoms with Gasteiger partial charge in [0.05, 0.1) is 6.10 Å². The molecule has 1 atom stereocenters. The normalized spacial score (nSPS) is 11.7. The highest BCUT2D eigenvalue weighted by Crippen LogP contribution is 2.15. The molecule has 0 fully saturated rings. The van der Waals surface area contributed by atoms with Crippen LogP contribution >= 0.6 is 22.9 Å². The molecule has 2 aromatic rings. The minimum atomic E-state index is -0.827. The maximum absolute atomic E-state index is 11.7. The third kappa shape index (κ3) is 4.56. The van der Waals surface area contributed by atoms with E-state index in [1.807, 2.05) is 5.38 Å². The highest BCUT2D eigenvalue weighted by molar-refractivity contribution is 7.07. The Bertz CT molecular complexity index is 646. The summed E-state index contributed by atoms with van der Waals surface area (Å²) < 4.78 is 0. The van der Waals surface area contributed by atoms with E-state index in [2.05, 4.69) is 10.6 Å². The molecule has 5 nitrogen and oxygen atoms in total. The molecule has 116 valence electrons. The quantitative estimate of drug-likeness (QED) is 0.728. The van der Waals surface area contributed by atoms with Crippen LogP contribution in [0.1, 0.15) is 17.2 Å². The molecule has 0 aliphatic carbocycles. The van der Waals surface area contributed by atoms with Crippen molar-refractivity contribution < 1.29 is 14.7 Å². The molecule has 0 radical (unpaired) electrons. The van der Waals surface area contributed by atoms with Gasteiger partial charge >= 0.3 is 11.8 Å². The van der Waals surface area contributed by atoms with Crippen LogP contribution < -0.4 is 10.6 Å². The third-order valence-corrected chi connectivity index (χ3v) is 4.06. The molecule has 1 aromatic heterocycles. The molecular weight excluding hydrogens is 324 g/mol. The van der Waals surface area contributed by atoms with Crippen molar-refractivity contribution in [3.8, 4) is 0 Å². The van der Waals surface area contributed by atoms with Crippen LogP contribution in [0, 0.1) is 0 Å². The lowest BCUT2D eigenvalue weighted by molar-refractivity contribution is -0.139. The summed E-state index contributed by atoms with van der Waals surface area (Å²) in [7, 11) is 0. The van der Waals surface area contributed by atoms with Gasteiger partial charge < -0.3 is 15.7 Å². The minimum Gasteiger partial charge on any atom is -0.387 e. The van der Waals surface area contributed by atoms with Crippen molar-refractivity contribution in [1.29, 1.82) is 0 Å². The number of thiophene rings is 1. The van der Waals surface area contributed by atoms with E-state index in [1.54, 1.807) is 35.7 Å². The van der Waals surface area contributed by atoms with E-state index in [-0.39, 0.29) is 13.1 Å². The summed E-state index contributed by atoms with van der Waals surface area (Å²) in [6.45, 7) is 0.147. The summed E-state index contributed by atoms with van der Waals surface area (Å²) in [6.07, 6.45) is -0.827. The van der Waals surface area contributed by atoms with Crippen LogP contribution in [0.15, 0.2) is 41.1 Å². The highest BCUT2D eigenvalue weighted by Gasteiger charge is 2.16. The minimum absolute atomic E-state index is 0.0188. The lowest BCUT2D eigenvalue weighted by atomic mass is 10.2. The standard InChI is InChI=1S/C15H15ClN2O3S/c16-12-4-2-1-3-10(12)7-17-14(20)15(21)18-8-13(19)11-5-6-22-9-11/h1-6,9,13,19H,7-8H2,(H,17,20)(H,18,21). The van der Waals surface area contributed by atoms with Crippen molar-refractivity contribution in [2.75, 3.05) is 6.54 Å². The largest absolute Gasteiger partial charge is 0.387 e. The molecule has 0 aliphatic heterocycles. The molecule has 3 N–H and O–H groups in total. The van der Waals surface area contributed by atoms with Crippen LogP contribution in [0.4, 0.5) is 0 Å². The van der Waals surface area contributed by atoms with Crippen LogP contribution in [-0.4, -0.2) is 23.5 Å². The van der Waals surface area contributed by atoms with Gasteiger partial charge in [-0.3, -0.25) is 9.59 Å². The second kappa shape index (κ2) is 7.93. The number of aliphatic hydroxyl groups excluding tert-OH is 1. The zero-order valence-electron chi connectivity index (χ0n) is 11.6. The third-order valence-electron chi connectivity index (χ3n) is 2.99. The average molecular weight is 339 g/mol. The van der Waals surface area contributed by atoms with Crippen LogP contribution in [0.5, 0.6) is 0 Å². The number of aliphatic hydroxyl groups is 1. The fourth-order valence-electron chi connectivity index (χ4n) is 1.75. The van der Waals surface area contributed by atoms with Crippen molar-refractivity contribution in [2.45, 2.75) is 12.6 Å². The van der Waals surface area contributed by atoms with E-state index < -0.39 is 17.9 Å².